The van der Waals surface area contributed by atoms with Crippen molar-refractivity contribution in [1.29, 1.82) is 0 Å². The van der Waals surface area contributed by atoms with E-state index in [0.717, 1.165) is 23.0 Å². The molecule has 0 bridgehead atoms. The van der Waals surface area contributed by atoms with Crippen molar-refractivity contribution in [3.05, 3.63) is 54.0 Å². The van der Waals surface area contributed by atoms with Crippen LogP contribution in [0, 0.1) is 0 Å². The largest absolute Gasteiger partial charge is 0.392 e. The predicted molar refractivity (Wildman–Crippen MR) is 70.2 cm³/mol. The number of aryl methyl sites for hydroxylation is 1. The summed E-state index contributed by atoms with van der Waals surface area (Å²) in [6.45, 7) is 0.875. The predicted octanol–water partition coefficient (Wildman–Crippen LogP) is 1.92. The van der Waals surface area contributed by atoms with E-state index in [0.29, 0.717) is 0 Å². The summed E-state index contributed by atoms with van der Waals surface area (Å²) in [4.78, 5) is 0. The molecule has 0 aliphatic carbocycles. The van der Waals surface area contributed by atoms with Gasteiger partial charge in [-0.1, -0.05) is 12.1 Å². The highest BCUT2D eigenvalue weighted by Gasteiger charge is 2.06. The van der Waals surface area contributed by atoms with Crippen LogP contribution >= 0.6 is 0 Å². The van der Waals surface area contributed by atoms with Crippen molar-refractivity contribution in [2.75, 3.05) is 0 Å². The maximum atomic E-state index is 9.32. The van der Waals surface area contributed by atoms with Crippen LogP contribution in [0.4, 0.5) is 0 Å². The molecular formula is C14H15N3O. The van der Waals surface area contributed by atoms with Crippen LogP contribution in [0.3, 0.4) is 0 Å². The molecule has 0 amide bonds. The SMILES string of the molecule is Cn1cc(Cn2ccc3c(CO)cccc32)cn1. The number of aromatic nitrogens is 3. The number of hydrogen-bond acceptors (Lipinski definition) is 2. The van der Waals surface area contributed by atoms with Crippen molar-refractivity contribution in [3.8, 4) is 0 Å². The smallest absolute Gasteiger partial charge is 0.0688 e. The van der Waals surface area contributed by atoms with Gasteiger partial charge in [-0.2, -0.15) is 5.10 Å². The van der Waals surface area contributed by atoms with Crippen LogP contribution in [-0.4, -0.2) is 19.5 Å². The van der Waals surface area contributed by atoms with Gasteiger partial charge >= 0.3 is 0 Å². The van der Waals surface area contributed by atoms with Gasteiger partial charge in [0.05, 0.1) is 19.3 Å². The highest BCUT2D eigenvalue weighted by atomic mass is 16.3. The summed E-state index contributed by atoms with van der Waals surface area (Å²) in [6.07, 6.45) is 5.94. The molecule has 0 spiro atoms. The van der Waals surface area contributed by atoms with Crippen LogP contribution in [0.1, 0.15) is 11.1 Å². The van der Waals surface area contributed by atoms with Crippen LogP contribution in [-0.2, 0) is 20.2 Å². The Hall–Kier alpha value is -2.07. The second-order valence-corrected chi connectivity index (χ2v) is 4.47. The van der Waals surface area contributed by atoms with E-state index in [-0.39, 0.29) is 6.61 Å². The van der Waals surface area contributed by atoms with Gasteiger partial charge in [0.15, 0.2) is 0 Å². The molecule has 1 aromatic carbocycles. The third kappa shape index (κ3) is 1.80. The molecule has 2 heterocycles. The van der Waals surface area contributed by atoms with Crippen molar-refractivity contribution in [2.45, 2.75) is 13.2 Å². The van der Waals surface area contributed by atoms with E-state index in [4.69, 9.17) is 0 Å². The molecule has 3 rings (SSSR count). The molecule has 18 heavy (non-hydrogen) atoms. The first kappa shape index (κ1) is 11.0. The summed E-state index contributed by atoms with van der Waals surface area (Å²) in [6, 6.07) is 8.06. The Kier molecular flexibility index (Phi) is 2.64. The molecule has 3 aromatic rings. The molecule has 4 nitrogen and oxygen atoms in total. The first-order chi connectivity index (χ1) is 8.78. The molecule has 0 saturated heterocycles. The molecule has 92 valence electrons. The lowest BCUT2D eigenvalue weighted by Crippen LogP contribution is -1.97. The quantitative estimate of drug-likeness (QED) is 0.761. The van der Waals surface area contributed by atoms with Crippen molar-refractivity contribution >= 4 is 10.9 Å². The van der Waals surface area contributed by atoms with Crippen LogP contribution < -0.4 is 0 Å². The van der Waals surface area contributed by atoms with E-state index in [1.165, 1.54) is 5.56 Å². The van der Waals surface area contributed by atoms with Gasteiger partial charge in [-0.3, -0.25) is 4.68 Å². The average Bonchev–Trinajstić information content (AvgIpc) is 2.97. The zero-order chi connectivity index (χ0) is 12.5. The molecule has 0 saturated carbocycles. The van der Waals surface area contributed by atoms with Crippen molar-refractivity contribution in [1.82, 2.24) is 14.3 Å². The van der Waals surface area contributed by atoms with E-state index >= 15 is 0 Å². The minimum atomic E-state index is 0.0776. The number of aliphatic hydroxyl groups is 1. The molecule has 4 heteroatoms. The summed E-state index contributed by atoms with van der Waals surface area (Å²) in [5, 5.41) is 14.6. The van der Waals surface area contributed by atoms with E-state index in [9.17, 15) is 5.11 Å². The highest BCUT2D eigenvalue weighted by molar-refractivity contribution is 5.83. The standard InChI is InChI=1S/C14H15N3O/c1-16-8-11(7-15-16)9-17-6-5-13-12(10-18)3-2-4-14(13)17/h2-8,18H,9-10H2,1H3. The molecular weight excluding hydrogens is 226 g/mol. The molecule has 0 atom stereocenters. The van der Waals surface area contributed by atoms with Crippen LogP contribution in [0.5, 0.6) is 0 Å². The van der Waals surface area contributed by atoms with Gasteiger partial charge in [0.25, 0.3) is 0 Å². The summed E-state index contributed by atoms with van der Waals surface area (Å²) < 4.78 is 3.98. The number of hydrogen-bond donors (Lipinski definition) is 1. The van der Waals surface area contributed by atoms with Crippen LogP contribution in [0.2, 0.25) is 0 Å². The molecule has 0 fully saturated rings. The van der Waals surface area contributed by atoms with Gasteiger partial charge in [-0.05, 0) is 17.7 Å². The second-order valence-electron chi connectivity index (χ2n) is 4.47. The Balaban J connectivity index is 2.02. The summed E-state index contributed by atoms with van der Waals surface area (Å²) >= 11 is 0. The summed E-state index contributed by atoms with van der Waals surface area (Å²) in [5.74, 6) is 0. The monoisotopic (exact) mass is 241 g/mol. The topological polar surface area (TPSA) is 43.0 Å². The van der Waals surface area contributed by atoms with E-state index in [1.807, 2.05) is 31.6 Å². The number of aliphatic hydroxyl groups excluding tert-OH is 1. The van der Waals surface area contributed by atoms with E-state index < -0.39 is 0 Å². The summed E-state index contributed by atoms with van der Waals surface area (Å²) in [7, 11) is 1.92. The van der Waals surface area contributed by atoms with Gasteiger partial charge in [0.2, 0.25) is 0 Å². The normalized spacial score (nSPS) is 11.2. The fourth-order valence-electron chi connectivity index (χ4n) is 2.31. The maximum Gasteiger partial charge on any atom is 0.0688 e. The van der Waals surface area contributed by atoms with Gasteiger partial charge in [0.1, 0.15) is 0 Å². The van der Waals surface area contributed by atoms with E-state index in [2.05, 4.69) is 28.0 Å². The Labute approximate surface area is 105 Å². The molecule has 1 N–H and O–H groups in total. The first-order valence-corrected chi connectivity index (χ1v) is 5.93. The third-order valence-corrected chi connectivity index (χ3v) is 3.19. The molecule has 0 unspecified atom stereocenters. The molecule has 0 aliphatic heterocycles. The molecule has 0 aliphatic rings. The van der Waals surface area contributed by atoms with Gasteiger partial charge in [-0.15, -0.1) is 0 Å². The Morgan fingerprint density at radius 1 is 1.28 bits per heavy atom. The lowest BCUT2D eigenvalue weighted by atomic mass is 10.1. The Morgan fingerprint density at radius 3 is 2.89 bits per heavy atom. The maximum absolute atomic E-state index is 9.32. The zero-order valence-corrected chi connectivity index (χ0v) is 10.2. The fourth-order valence-corrected chi connectivity index (χ4v) is 2.31. The van der Waals surface area contributed by atoms with Crippen molar-refractivity contribution in [3.63, 3.8) is 0 Å². The number of nitrogens with zero attached hydrogens (tertiary/aromatic N) is 3. The lowest BCUT2D eigenvalue weighted by molar-refractivity contribution is 0.283. The molecule has 2 aromatic heterocycles. The Bertz CT molecular complexity index is 681. The van der Waals surface area contributed by atoms with Crippen LogP contribution in [0.25, 0.3) is 10.9 Å². The zero-order valence-electron chi connectivity index (χ0n) is 10.2. The van der Waals surface area contributed by atoms with Crippen LogP contribution in [0.15, 0.2) is 42.9 Å². The van der Waals surface area contributed by atoms with Gasteiger partial charge in [0, 0.05) is 35.9 Å². The number of fused-ring (bicyclic) bond motifs is 1. The highest BCUT2D eigenvalue weighted by Crippen LogP contribution is 2.21. The average molecular weight is 241 g/mol. The number of benzene rings is 1. The third-order valence-electron chi connectivity index (χ3n) is 3.19. The van der Waals surface area contributed by atoms with Crippen molar-refractivity contribution in [2.24, 2.45) is 7.05 Å². The van der Waals surface area contributed by atoms with Gasteiger partial charge < -0.3 is 9.67 Å². The Morgan fingerprint density at radius 2 is 2.17 bits per heavy atom. The minimum Gasteiger partial charge on any atom is -0.392 e. The number of rotatable bonds is 3. The van der Waals surface area contributed by atoms with Crippen molar-refractivity contribution < 1.29 is 5.11 Å². The fraction of sp³-hybridized carbons (Fsp3) is 0.214. The lowest BCUT2D eigenvalue weighted by Gasteiger charge is -2.04. The second kappa shape index (κ2) is 4.31. The minimum absolute atomic E-state index is 0.0776. The molecule has 0 radical (unpaired) electrons. The first-order valence-electron chi connectivity index (χ1n) is 5.93. The summed E-state index contributed by atoms with van der Waals surface area (Å²) in [5.41, 5.74) is 3.28. The van der Waals surface area contributed by atoms with Gasteiger partial charge in [-0.25, -0.2) is 0 Å². The van der Waals surface area contributed by atoms with E-state index in [1.54, 1.807) is 4.68 Å².